The quantitative estimate of drug-likeness (QED) is 0.625. The third-order valence-electron chi connectivity index (χ3n) is 4.69. The zero-order valence-corrected chi connectivity index (χ0v) is 15.8. The van der Waals surface area contributed by atoms with Gasteiger partial charge in [0.2, 0.25) is 0 Å². The molecule has 0 bridgehead atoms. The van der Waals surface area contributed by atoms with Gasteiger partial charge in [0.25, 0.3) is 5.91 Å². The van der Waals surface area contributed by atoms with E-state index in [-0.39, 0.29) is 12.3 Å². The molecule has 0 saturated carbocycles. The molecule has 0 aliphatic heterocycles. The Hall–Kier alpha value is -3.34. The van der Waals surface area contributed by atoms with Crippen molar-refractivity contribution in [2.75, 3.05) is 13.7 Å². The van der Waals surface area contributed by atoms with Gasteiger partial charge in [-0.1, -0.05) is 54.6 Å². The van der Waals surface area contributed by atoms with Crippen molar-refractivity contribution in [3.63, 3.8) is 0 Å². The Morgan fingerprint density at radius 3 is 2.29 bits per heavy atom. The maximum atomic E-state index is 12.8. The number of carboxylic acid groups (broad SMARTS) is 1. The van der Waals surface area contributed by atoms with Crippen LogP contribution in [0, 0.1) is 0 Å². The summed E-state index contributed by atoms with van der Waals surface area (Å²) in [4.78, 5) is 23.4. The first-order chi connectivity index (χ1) is 13.6. The standard InChI is InChI=1S/C23H23NO4/c1-28-20-12-11-18-4-2-3-5-19(18)22(20)23(27)24-15-14-17-8-6-16(7-9-17)10-13-21(25)26/h2-9,11-12H,10,13-15H2,1H3,(H,24,27)(H,25,26). The molecule has 0 saturated heterocycles. The number of carbonyl (C=O) groups is 2. The second kappa shape index (κ2) is 9.04. The first-order valence-corrected chi connectivity index (χ1v) is 9.22. The minimum Gasteiger partial charge on any atom is -0.496 e. The van der Waals surface area contributed by atoms with Gasteiger partial charge in [0.05, 0.1) is 12.7 Å². The van der Waals surface area contributed by atoms with Crippen molar-refractivity contribution in [2.24, 2.45) is 0 Å². The third-order valence-corrected chi connectivity index (χ3v) is 4.69. The Morgan fingerprint density at radius 1 is 0.929 bits per heavy atom. The highest BCUT2D eigenvalue weighted by Crippen LogP contribution is 2.27. The molecule has 3 aromatic carbocycles. The molecule has 144 valence electrons. The summed E-state index contributed by atoms with van der Waals surface area (Å²) in [5.74, 6) is -0.402. The molecule has 0 aliphatic carbocycles. The molecular weight excluding hydrogens is 354 g/mol. The second-order valence-electron chi connectivity index (χ2n) is 6.58. The van der Waals surface area contributed by atoms with Crippen molar-refractivity contribution in [3.8, 4) is 5.75 Å². The predicted molar refractivity (Wildman–Crippen MR) is 109 cm³/mol. The van der Waals surface area contributed by atoms with Gasteiger partial charge in [0, 0.05) is 13.0 Å². The minimum absolute atomic E-state index is 0.127. The lowest BCUT2D eigenvalue weighted by Crippen LogP contribution is -2.26. The maximum absolute atomic E-state index is 12.8. The van der Waals surface area contributed by atoms with Crippen molar-refractivity contribution in [1.82, 2.24) is 5.32 Å². The molecule has 0 aliphatic rings. The molecule has 28 heavy (non-hydrogen) atoms. The number of hydrogen-bond acceptors (Lipinski definition) is 3. The van der Waals surface area contributed by atoms with Gasteiger partial charge < -0.3 is 15.2 Å². The highest BCUT2D eigenvalue weighted by atomic mass is 16.5. The first-order valence-electron chi connectivity index (χ1n) is 9.22. The number of benzene rings is 3. The fourth-order valence-corrected chi connectivity index (χ4v) is 3.19. The second-order valence-corrected chi connectivity index (χ2v) is 6.58. The molecule has 0 atom stereocenters. The number of carbonyl (C=O) groups excluding carboxylic acids is 1. The van der Waals surface area contributed by atoms with E-state index >= 15 is 0 Å². The van der Waals surface area contributed by atoms with Crippen LogP contribution in [0.4, 0.5) is 0 Å². The van der Waals surface area contributed by atoms with Crippen LogP contribution >= 0.6 is 0 Å². The number of methoxy groups -OCH3 is 1. The van der Waals surface area contributed by atoms with Gasteiger partial charge in [-0.05, 0) is 40.8 Å². The summed E-state index contributed by atoms with van der Waals surface area (Å²) in [5.41, 5.74) is 2.63. The Morgan fingerprint density at radius 2 is 1.61 bits per heavy atom. The number of amides is 1. The van der Waals surface area contributed by atoms with E-state index in [0.717, 1.165) is 21.9 Å². The number of rotatable bonds is 8. The van der Waals surface area contributed by atoms with Crippen LogP contribution in [0.1, 0.15) is 27.9 Å². The lowest BCUT2D eigenvalue weighted by molar-refractivity contribution is -0.136. The predicted octanol–water partition coefficient (Wildman–Crippen LogP) is 3.84. The molecule has 0 heterocycles. The van der Waals surface area contributed by atoms with Gasteiger partial charge in [0.15, 0.2) is 0 Å². The highest BCUT2D eigenvalue weighted by molar-refractivity contribution is 6.09. The number of carboxylic acids is 1. The normalized spacial score (nSPS) is 10.6. The topological polar surface area (TPSA) is 75.6 Å². The van der Waals surface area contributed by atoms with Crippen LogP contribution in [-0.4, -0.2) is 30.6 Å². The van der Waals surface area contributed by atoms with E-state index < -0.39 is 5.97 Å². The van der Waals surface area contributed by atoms with Gasteiger partial charge in [0.1, 0.15) is 5.75 Å². The van der Waals surface area contributed by atoms with E-state index in [1.54, 1.807) is 7.11 Å². The van der Waals surface area contributed by atoms with Gasteiger partial charge in [-0.25, -0.2) is 0 Å². The molecule has 3 rings (SSSR count). The van der Waals surface area contributed by atoms with Crippen LogP contribution in [0.3, 0.4) is 0 Å². The number of hydrogen-bond donors (Lipinski definition) is 2. The summed E-state index contributed by atoms with van der Waals surface area (Å²) >= 11 is 0. The molecule has 0 spiro atoms. The van der Waals surface area contributed by atoms with E-state index in [1.165, 1.54) is 0 Å². The number of fused-ring (bicyclic) bond motifs is 1. The Labute approximate surface area is 164 Å². The van der Waals surface area contributed by atoms with Crippen LogP contribution in [0.5, 0.6) is 5.75 Å². The molecule has 2 N–H and O–H groups in total. The Bertz CT molecular complexity index is 980. The third kappa shape index (κ3) is 4.68. The van der Waals surface area contributed by atoms with Gasteiger partial charge in [-0.2, -0.15) is 0 Å². The maximum Gasteiger partial charge on any atom is 0.303 e. The lowest BCUT2D eigenvalue weighted by atomic mass is 10.0. The summed E-state index contributed by atoms with van der Waals surface area (Å²) in [6, 6.07) is 19.3. The SMILES string of the molecule is COc1ccc2ccccc2c1C(=O)NCCc1ccc(CCC(=O)O)cc1. The minimum atomic E-state index is -0.796. The number of aryl methyl sites for hydroxylation is 1. The molecule has 3 aromatic rings. The highest BCUT2D eigenvalue weighted by Gasteiger charge is 2.15. The fourth-order valence-electron chi connectivity index (χ4n) is 3.19. The molecule has 5 heteroatoms. The molecule has 0 unspecified atom stereocenters. The van der Waals surface area contributed by atoms with Crippen LogP contribution in [0.25, 0.3) is 10.8 Å². The molecule has 0 radical (unpaired) electrons. The van der Waals surface area contributed by atoms with Crippen molar-refractivity contribution in [3.05, 3.63) is 77.4 Å². The summed E-state index contributed by atoms with van der Waals surface area (Å²) in [7, 11) is 1.56. The first kappa shape index (κ1) is 19.4. The van der Waals surface area contributed by atoms with E-state index in [4.69, 9.17) is 9.84 Å². The van der Waals surface area contributed by atoms with Crippen LogP contribution in [-0.2, 0) is 17.6 Å². The summed E-state index contributed by atoms with van der Waals surface area (Å²) in [5, 5.41) is 13.6. The zero-order chi connectivity index (χ0) is 19.9. The van der Waals surface area contributed by atoms with Crippen LogP contribution < -0.4 is 10.1 Å². The Balaban J connectivity index is 1.63. The van der Waals surface area contributed by atoms with Crippen LogP contribution in [0.2, 0.25) is 0 Å². The zero-order valence-electron chi connectivity index (χ0n) is 15.8. The lowest BCUT2D eigenvalue weighted by Gasteiger charge is -2.12. The van der Waals surface area contributed by atoms with Crippen molar-refractivity contribution in [1.29, 1.82) is 0 Å². The van der Waals surface area contributed by atoms with E-state index in [9.17, 15) is 9.59 Å². The molecule has 0 fully saturated rings. The monoisotopic (exact) mass is 377 g/mol. The van der Waals surface area contributed by atoms with E-state index in [0.29, 0.717) is 30.7 Å². The largest absolute Gasteiger partial charge is 0.496 e. The number of nitrogens with one attached hydrogen (secondary N) is 1. The van der Waals surface area contributed by atoms with Crippen molar-refractivity contribution < 1.29 is 19.4 Å². The smallest absolute Gasteiger partial charge is 0.303 e. The Kier molecular flexibility index (Phi) is 6.27. The van der Waals surface area contributed by atoms with Crippen molar-refractivity contribution in [2.45, 2.75) is 19.3 Å². The summed E-state index contributed by atoms with van der Waals surface area (Å²) < 4.78 is 5.39. The van der Waals surface area contributed by atoms with Crippen molar-refractivity contribution >= 4 is 22.6 Å². The van der Waals surface area contributed by atoms with E-state index in [1.807, 2.05) is 60.7 Å². The molecule has 1 amide bonds. The van der Waals surface area contributed by atoms with E-state index in [2.05, 4.69) is 5.32 Å². The average molecular weight is 377 g/mol. The molecule has 0 aromatic heterocycles. The number of ether oxygens (including phenoxy) is 1. The van der Waals surface area contributed by atoms with Gasteiger partial charge >= 0.3 is 5.97 Å². The number of aliphatic carboxylic acids is 1. The molecule has 5 nitrogen and oxygen atoms in total. The summed E-state index contributed by atoms with van der Waals surface area (Å²) in [6.07, 6.45) is 1.34. The van der Waals surface area contributed by atoms with Gasteiger partial charge in [-0.15, -0.1) is 0 Å². The fraction of sp³-hybridized carbons (Fsp3) is 0.217. The van der Waals surface area contributed by atoms with Crippen LogP contribution in [0.15, 0.2) is 60.7 Å². The molecular formula is C23H23NO4. The van der Waals surface area contributed by atoms with Gasteiger partial charge in [-0.3, -0.25) is 9.59 Å². The average Bonchev–Trinajstić information content (AvgIpc) is 2.72. The summed E-state index contributed by atoms with van der Waals surface area (Å²) in [6.45, 7) is 0.500.